The number of esters is 1. The first kappa shape index (κ1) is 22.4. The zero-order valence-electron chi connectivity index (χ0n) is 16.9. The van der Waals surface area contributed by atoms with Crippen LogP contribution in [-0.2, 0) is 14.3 Å². The van der Waals surface area contributed by atoms with Crippen molar-refractivity contribution in [3.05, 3.63) is 59.2 Å². The molecule has 156 valence electrons. The van der Waals surface area contributed by atoms with Crippen LogP contribution in [0, 0.1) is 25.2 Å². The number of carbonyl (C=O) groups excluding carboxylic acids is 3. The van der Waals surface area contributed by atoms with Crippen LogP contribution in [0.1, 0.15) is 27.9 Å². The van der Waals surface area contributed by atoms with E-state index in [2.05, 4.69) is 10.6 Å². The number of ether oxygens (including phenoxy) is 2. The fraction of sp³-hybridized carbons (Fsp3) is 0.273. The molecule has 0 radical (unpaired) electrons. The third-order valence-corrected chi connectivity index (χ3v) is 3.99. The van der Waals surface area contributed by atoms with Gasteiger partial charge >= 0.3 is 5.97 Å². The second-order valence-corrected chi connectivity index (χ2v) is 6.50. The lowest BCUT2D eigenvalue weighted by molar-refractivity contribution is -0.124. The Kier molecular flexibility index (Phi) is 8.39. The van der Waals surface area contributed by atoms with Crippen molar-refractivity contribution in [1.82, 2.24) is 5.32 Å². The quantitative estimate of drug-likeness (QED) is 0.485. The number of rotatable bonds is 9. The van der Waals surface area contributed by atoms with E-state index in [0.29, 0.717) is 12.3 Å². The molecule has 0 aromatic heterocycles. The Morgan fingerprint density at radius 3 is 2.43 bits per heavy atom. The SMILES string of the molecule is Cc1ccc(OCCNC(=O)COC(=O)c2ccc(NC(=O)CC#N)cc2)c(C)c1. The van der Waals surface area contributed by atoms with Crippen molar-refractivity contribution >= 4 is 23.5 Å². The summed E-state index contributed by atoms with van der Waals surface area (Å²) >= 11 is 0. The minimum absolute atomic E-state index is 0.235. The molecule has 2 amide bonds. The highest BCUT2D eigenvalue weighted by molar-refractivity contribution is 5.94. The maximum atomic E-state index is 12.0. The largest absolute Gasteiger partial charge is 0.491 e. The van der Waals surface area contributed by atoms with E-state index in [-0.39, 0.29) is 18.5 Å². The number of nitrogens with zero attached hydrogens (tertiary/aromatic N) is 1. The van der Waals surface area contributed by atoms with Gasteiger partial charge in [0, 0.05) is 5.69 Å². The Balaban J connectivity index is 1.69. The van der Waals surface area contributed by atoms with Gasteiger partial charge in [0.2, 0.25) is 5.91 Å². The average Bonchev–Trinajstić information content (AvgIpc) is 2.71. The maximum Gasteiger partial charge on any atom is 0.338 e. The number of hydrogen-bond acceptors (Lipinski definition) is 6. The van der Waals surface area contributed by atoms with E-state index in [1.165, 1.54) is 24.3 Å². The predicted molar refractivity (Wildman–Crippen MR) is 110 cm³/mol. The first-order valence-corrected chi connectivity index (χ1v) is 9.30. The summed E-state index contributed by atoms with van der Waals surface area (Å²) in [6.45, 7) is 4.11. The second-order valence-electron chi connectivity index (χ2n) is 6.50. The topological polar surface area (TPSA) is 118 Å². The van der Waals surface area contributed by atoms with E-state index in [0.717, 1.165) is 16.9 Å². The molecule has 0 heterocycles. The molecule has 2 N–H and O–H groups in total. The number of benzene rings is 2. The molecule has 8 nitrogen and oxygen atoms in total. The Morgan fingerprint density at radius 1 is 1.03 bits per heavy atom. The Labute approximate surface area is 174 Å². The lowest BCUT2D eigenvalue weighted by Crippen LogP contribution is -2.32. The van der Waals surface area contributed by atoms with Gasteiger partial charge in [-0.3, -0.25) is 9.59 Å². The fourth-order valence-electron chi connectivity index (χ4n) is 2.54. The molecular formula is C22H23N3O5. The van der Waals surface area contributed by atoms with Gasteiger partial charge in [-0.15, -0.1) is 0 Å². The van der Waals surface area contributed by atoms with Gasteiger partial charge in [-0.25, -0.2) is 4.79 Å². The van der Waals surface area contributed by atoms with Crippen molar-refractivity contribution in [3.63, 3.8) is 0 Å². The molecule has 0 aliphatic rings. The van der Waals surface area contributed by atoms with Gasteiger partial charge in [0.15, 0.2) is 6.61 Å². The molecular weight excluding hydrogens is 386 g/mol. The molecule has 2 aromatic carbocycles. The van der Waals surface area contributed by atoms with Crippen molar-refractivity contribution in [1.29, 1.82) is 5.26 Å². The lowest BCUT2D eigenvalue weighted by atomic mass is 10.1. The number of nitriles is 1. The van der Waals surface area contributed by atoms with Crippen LogP contribution < -0.4 is 15.4 Å². The molecule has 0 saturated carbocycles. The molecule has 0 atom stereocenters. The third-order valence-electron chi connectivity index (χ3n) is 3.99. The molecule has 2 aromatic rings. The number of hydrogen-bond donors (Lipinski definition) is 2. The minimum Gasteiger partial charge on any atom is -0.491 e. The van der Waals surface area contributed by atoms with Crippen LogP contribution >= 0.6 is 0 Å². The highest BCUT2D eigenvalue weighted by Gasteiger charge is 2.11. The number of amides is 2. The van der Waals surface area contributed by atoms with Crippen molar-refractivity contribution < 1.29 is 23.9 Å². The van der Waals surface area contributed by atoms with Crippen LogP contribution in [0.15, 0.2) is 42.5 Å². The zero-order valence-corrected chi connectivity index (χ0v) is 16.9. The average molecular weight is 409 g/mol. The minimum atomic E-state index is -0.661. The van der Waals surface area contributed by atoms with Crippen LogP contribution in [0.25, 0.3) is 0 Å². The molecule has 0 bridgehead atoms. The summed E-state index contributed by atoms with van der Waals surface area (Å²) in [5.74, 6) is -0.779. The van der Waals surface area contributed by atoms with E-state index < -0.39 is 24.4 Å². The van der Waals surface area contributed by atoms with Crippen LogP contribution in [0.5, 0.6) is 5.75 Å². The highest BCUT2D eigenvalue weighted by Crippen LogP contribution is 2.18. The molecule has 0 aliphatic heterocycles. The Hall–Kier alpha value is -3.86. The summed E-state index contributed by atoms with van der Waals surface area (Å²) in [5.41, 5.74) is 2.85. The van der Waals surface area contributed by atoms with Crippen molar-refractivity contribution in [2.24, 2.45) is 0 Å². The van der Waals surface area contributed by atoms with E-state index in [4.69, 9.17) is 14.7 Å². The van der Waals surface area contributed by atoms with Gasteiger partial charge in [0.05, 0.1) is 18.2 Å². The van der Waals surface area contributed by atoms with Gasteiger partial charge in [-0.2, -0.15) is 5.26 Å². The molecule has 0 unspecified atom stereocenters. The zero-order chi connectivity index (χ0) is 21.9. The first-order chi connectivity index (χ1) is 14.4. The molecule has 0 saturated heterocycles. The summed E-state index contributed by atoms with van der Waals surface area (Å²) in [6.07, 6.45) is -0.255. The van der Waals surface area contributed by atoms with Crippen molar-refractivity contribution in [2.45, 2.75) is 20.3 Å². The summed E-state index contributed by atoms with van der Waals surface area (Å²) < 4.78 is 10.6. The van der Waals surface area contributed by atoms with Crippen LogP contribution in [0.3, 0.4) is 0 Å². The summed E-state index contributed by atoms with van der Waals surface area (Å²) in [4.78, 5) is 35.2. The maximum absolute atomic E-state index is 12.0. The molecule has 30 heavy (non-hydrogen) atoms. The summed E-state index contributed by atoms with van der Waals surface area (Å²) in [6, 6.07) is 13.5. The van der Waals surface area contributed by atoms with Gasteiger partial charge in [-0.05, 0) is 49.7 Å². The predicted octanol–water partition coefficient (Wildman–Crippen LogP) is 2.51. The van der Waals surface area contributed by atoms with Gasteiger partial charge in [0.25, 0.3) is 5.91 Å². The van der Waals surface area contributed by atoms with E-state index in [1.807, 2.05) is 32.0 Å². The fourth-order valence-corrected chi connectivity index (χ4v) is 2.54. The Bertz CT molecular complexity index is 948. The monoisotopic (exact) mass is 409 g/mol. The highest BCUT2D eigenvalue weighted by atomic mass is 16.5. The van der Waals surface area contributed by atoms with E-state index >= 15 is 0 Å². The van der Waals surface area contributed by atoms with Gasteiger partial charge in [-0.1, -0.05) is 17.7 Å². The van der Waals surface area contributed by atoms with Gasteiger partial charge in [0.1, 0.15) is 18.8 Å². The Morgan fingerprint density at radius 2 is 1.77 bits per heavy atom. The van der Waals surface area contributed by atoms with Crippen LogP contribution in [-0.4, -0.2) is 37.5 Å². The van der Waals surface area contributed by atoms with Crippen molar-refractivity contribution in [3.8, 4) is 11.8 Å². The standard InChI is InChI=1S/C22H23N3O5/c1-15-3-8-19(16(2)13-15)29-12-11-24-21(27)14-30-22(28)17-4-6-18(7-5-17)25-20(26)9-10-23/h3-8,13H,9,11-12,14H2,1-2H3,(H,24,27)(H,25,26). The molecule has 0 aliphatic carbocycles. The molecule has 2 rings (SSSR count). The van der Waals surface area contributed by atoms with Crippen molar-refractivity contribution in [2.75, 3.05) is 25.1 Å². The molecule has 0 fully saturated rings. The number of anilines is 1. The molecule has 8 heteroatoms. The van der Waals surface area contributed by atoms with Crippen LogP contribution in [0.2, 0.25) is 0 Å². The number of carbonyl (C=O) groups is 3. The van der Waals surface area contributed by atoms with E-state index in [1.54, 1.807) is 6.07 Å². The second kappa shape index (κ2) is 11.2. The van der Waals surface area contributed by atoms with Gasteiger partial charge < -0.3 is 20.1 Å². The summed E-state index contributed by atoms with van der Waals surface area (Å²) in [5, 5.41) is 13.6. The summed E-state index contributed by atoms with van der Waals surface area (Å²) in [7, 11) is 0. The third kappa shape index (κ3) is 7.28. The molecule has 0 spiro atoms. The number of nitrogens with one attached hydrogen (secondary N) is 2. The normalized spacial score (nSPS) is 9.90. The van der Waals surface area contributed by atoms with E-state index in [9.17, 15) is 14.4 Å². The number of aryl methyl sites for hydroxylation is 2. The smallest absolute Gasteiger partial charge is 0.338 e. The lowest BCUT2D eigenvalue weighted by Gasteiger charge is -2.11. The first-order valence-electron chi connectivity index (χ1n) is 9.30. The van der Waals surface area contributed by atoms with Crippen LogP contribution in [0.4, 0.5) is 5.69 Å².